The molecule has 1 radical (unpaired) electrons. The third-order valence-corrected chi connectivity index (χ3v) is 1.38. The van der Waals surface area contributed by atoms with Gasteiger partial charge in [0.25, 0.3) is 0 Å². The van der Waals surface area contributed by atoms with Crippen LogP contribution in [0.1, 0.15) is 12.8 Å². The lowest BCUT2D eigenvalue weighted by molar-refractivity contribution is 0.0323. The van der Waals surface area contributed by atoms with Gasteiger partial charge in [0.2, 0.25) is 0 Å². The summed E-state index contributed by atoms with van der Waals surface area (Å²) in [5.41, 5.74) is 0. The molecule has 1 aliphatic heterocycles. The Balaban J connectivity index is 2.21. The molecule has 1 aliphatic rings. The molecule has 1 unspecified atom stereocenters. The van der Waals surface area contributed by atoms with Crippen molar-refractivity contribution in [3.8, 4) is 0 Å². The van der Waals surface area contributed by atoms with Crippen molar-refractivity contribution in [1.82, 2.24) is 10.6 Å². The Hall–Kier alpha value is -0.610. The molecule has 1 saturated heterocycles. The van der Waals surface area contributed by atoms with Gasteiger partial charge in [-0.3, -0.25) is 10.1 Å². The average Bonchev–Trinajstić information content (AvgIpc) is 2.17. The van der Waals surface area contributed by atoms with E-state index in [1.807, 2.05) is 0 Å². The lowest BCUT2D eigenvalue weighted by Gasteiger charge is -2.13. The highest BCUT2D eigenvalue weighted by Crippen LogP contribution is 1.95. The van der Waals surface area contributed by atoms with Gasteiger partial charge in [-0.05, 0) is 19.4 Å². The highest BCUT2D eigenvalue weighted by molar-refractivity contribution is 5.47. The quantitative estimate of drug-likeness (QED) is 0.504. The van der Waals surface area contributed by atoms with E-state index < -0.39 is 0 Å². The normalized spacial score (nSPS) is 27.0. The molecule has 0 aliphatic carbocycles. The summed E-state index contributed by atoms with van der Waals surface area (Å²) in [6, 6.07) is 0. The summed E-state index contributed by atoms with van der Waals surface area (Å²) in [5, 5.41) is 5.37. The molecule has 0 aromatic carbocycles. The Labute approximate surface area is 59.9 Å². The molecule has 0 spiro atoms. The van der Waals surface area contributed by atoms with Gasteiger partial charge in [-0.15, -0.1) is 0 Å². The lowest BCUT2D eigenvalue weighted by atomic mass is 10.3. The van der Waals surface area contributed by atoms with E-state index in [1.54, 1.807) is 6.41 Å². The molecule has 1 atom stereocenters. The maximum atomic E-state index is 9.83. The van der Waals surface area contributed by atoms with E-state index in [9.17, 15) is 4.79 Å². The lowest BCUT2D eigenvalue weighted by Crippen LogP contribution is -2.42. The first-order valence-electron chi connectivity index (χ1n) is 3.41. The van der Waals surface area contributed by atoms with Crippen molar-refractivity contribution >= 4 is 6.41 Å². The monoisotopic (exact) mass is 143 g/mol. The number of hydrogen-bond donors (Lipinski definition) is 2. The number of rotatable bonds is 2. The third-order valence-electron chi connectivity index (χ3n) is 1.38. The van der Waals surface area contributed by atoms with Crippen molar-refractivity contribution < 1.29 is 9.53 Å². The van der Waals surface area contributed by atoms with Gasteiger partial charge in [0.1, 0.15) is 0 Å². The standard InChI is InChI=1S/C6H11N2O2/c9-5-8-6-7-3-1-2-4-10-6/h6-7H,1-4H2,(H,8,9). The third kappa shape index (κ3) is 2.33. The van der Waals surface area contributed by atoms with E-state index in [0.29, 0.717) is 6.61 Å². The summed E-state index contributed by atoms with van der Waals surface area (Å²) in [4.78, 5) is 9.83. The van der Waals surface area contributed by atoms with Crippen molar-refractivity contribution in [2.45, 2.75) is 19.2 Å². The van der Waals surface area contributed by atoms with Crippen LogP contribution in [0.15, 0.2) is 0 Å². The van der Waals surface area contributed by atoms with Gasteiger partial charge in [0.05, 0.1) is 6.61 Å². The van der Waals surface area contributed by atoms with Crippen molar-refractivity contribution in [3.63, 3.8) is 0 Å². The maximum absolute atomic E-state index is 9.83. The molecule has 4 nitrogen and oxygen atoms in total. The number of carbonyl (C=O) groups excluding carboxylic acids is 1. The minimum Gasteiger partial charge on any atom is -0.345 e. The number of nitrogens with one attached hydrogen (secondary N) is 2. The highest BCUT2D eigenvalue weighted by atomic mass is 16.5. The fraction of sp³-hybridized carbons (Fsp3) is 0.833. The predicted octanol–water partition coefficient (Wildman–Crippen LogP) is -0.673. The maximum Gasteiger partial charge on any atom is 0.312 e. The van der Waals surface area contributed by atoms with Crippen LogP contribution in [0, 0.1) is 0 Å². The molecule has 0 aromatic heterocycles. The van der Waals surface area contributed by atoms with E-state index in [2.05, 4.69) is 10.6 Å². The number of ether oxygens (including phenoxy) is 1. The SMILES string of the molecule is O=[C]NC1NCCCCO1. The molecule has 1 heterocycles. The van der Waals surface area contributed by atoms with Crippen molar-refractivity contribution in [2.24, 2.45) is 0 Å². The van der Waals surface area contributed by atoms with Crippen LogP contribution in [0.3, 0.4) is 0 Å². The molecule has 0 aromatic rings. The van der Waals surface area contributed by atoms with Crippen LogP contribution in [0.5, 0.6) is 0 Å². The Bertz CT molecular complexity index is 99.9. The molecule has 57 valence electrons. The summed E-state index contributed by atoms with van der Waals surface area (Å²) >= 11 is 0. The van der Waals surface area contributed by atoms with Gasteiger partial charge < -0.3 is 10.1 Å². The van der Waals surface area contributed by atoms with Crippen LogP contribution < -0.4 is 10.6 Å². The molecule has 0 bridgehead atoms. The summed E-state index contributed by atoms with van der Waals surface area (Å²) in [7, 11) is 0. The summed E-state index contributed by atoms with van der Waals surface area (Å²) in [5.74, 6) is 0. The van der Waals surface area contributed by atoms with Crippen molar-refractivity contribution in [1.29, 1.82) is 0 Å². The van der Waals surface area contributed by atoms with Gasteiger partial charge in [0, 0.05) is 0 Å². The van der Waals surface area contributed by atoms with Gasteiger partial charge in [-0.2, -0.15) is 0 Å². The largest absolute Gasteiger partial charge is 0.345 e. The Morgan fingerprint density at radius 1 is 1.60 bits per heavy atom. The summed E-state index contributed by atoms with van der Waals surface area (Å²) in [6.07, 6.45) is 3.38. The molecule has 2 N–H and O–H groups in total. The molecular formula is C6H11N2O2. The zero-order chi connectivity index (χ0) is 7.23. The van der Waals surface area contributed by atoms with Crippen LogP contribution in [0.4, 0.5) is 0 Å². The molecule has 4 heteroatoms. The summed E-state index contributed by atoms with van der Waals surface area (Å²) < 4.78 is 5.16. The molecular weight excluding hydrogens is 132 g/mol. The second-order valence-electron chi connectivity index (χ2n) is 2.16. The van der Waals surface area contributed by atoms with Gasteiger partial charge >= 0.3 is 6.41 Å². The van der Waals surface area contributed by atoms with E-state index >= 15 is 0 Å². The predicted molar refractivity (Wildman–Crippen MR) is 35.8 cm³/mol. The zero-order valence-electron chi connectivity index (χ0n) is 5.72. The van der Waals surface area contributed by atoms with Gasteiger partial charge in [-0.1, -0.05) is 0 Å². The van der Waals surface area contributed by atoms with Crippen LogP contribution >= 0.6 is 0 Å². The fourth-order valence-electron chi connectivity index (χ4n) is 0.867. The van der Waals surface area contributed by atoms with Crippen LogP contribution in [-0.4, -0.2) is 25.9 Å². The van der Waals surface area contributed by atoms with E-state index in [0.717, 1.165) is 19.4 Å². The first-order chi connectivity index (χ1) is 4.93. The Morgan fingerprint density at radius 3 is 3.30 bits per heavy atom. The first kappa shape index (κ1) is 7.50. The molecule has 1 rings (SSSR count). The molecule has 1 fully saturated rings. The zero-order valence-corrected chi connectivity index (χ0v) is 5.72. The fourth-order valence-corrected chi connectivity index (χ4v) is 0.867. The van der Waals surface area contributed by atoms with Gasteiger partial charge in [0.15, 0.2) is 6.35 Å². The number of hydrogen-bond acceptors (Lipinski definition) is 3. The topological polar surface area (TPSA) is 50.4 Å². The molecule has 0 saturated carbocycles. The second kappa shape index (κ2) is 4.24. The molecule has 1 amide bonds. The average molecular weight is 143 g/mol. The van der Waals surface area contributed by atoms with E-state index in [-0.39, 0.29) is 6.35 Å². The van der Waals surface area contributed by atoms with E-state index in [1.165, 1.54) is 0 Å². The Kier molecular flexibility index (Phi) is 3.18. The highest BCUT2D eigenvalue weighted by Gasteiger charge is 2.08. The van der Waals surface area contributed by atoms with Crippen LogP contribution in [0.2, 0.25) is 0 Å². The first-order valence-corrected chi connectivity index (χ1v) is 3.41. The van der Waals surface area contributed by atoms with Crippen molar-refractivity contribution in [2.75, 3.05) is 13.2 Å². The molecule has 10 heavy (non-hydrogen) atoms. The minimum absolute atomic E-state index is 0.333. The van der Waals surface area contributed by atoms with Crippen LogP contribution in [0.25, 0.3) is 0 Å². The van der Waals surface area contributed by atoms with Crippen LogP contribution in [-0.2, 0) is 9.53 Å². The van der Waals surface area contributed by atoms with Gasteiger partial charge in [-0.25, -0.2) is 0 Å². The second-order valence-corrected chi connectivity index (χ2v) is 2.16. The van der Waals surface area contributed by atoms with Crippen molar-refractivity contribution in [3.05, 3.63) is 0 Å². The Morgan fingerprint density at radius 2 is 2.50 bits per heavy atom. The van der Waals surface area contributed by atoms with E-state index in [4.69, 9.17) is 4.74 Å². The smallest absolute Gasteiger partial charge is 0.312 e. The summed E-state index contributed by atoms with van der Waals surface area (Å²) in [6.45, 7) is 1.59. The number of amides is 1. The minimum atomic E-state index is -0.333.